The van der Waals surface area contributed by atoms with Crippen molar-refractivity contribution >= 4 is 5.78 Å². The van der Waals surface area contributed by atoms with Gasteiger partial charge in [-0.15, -0.1) is 0 Å². The topological polar surface area (TPSA) is 17.1 Å². The van der Waals surface area contributed by atoms with E-state index in [0.717, 1.165) is 6.42 Å². The van der Waals surface area contributed by atoms with Gasteiger partial charge in [0.05, 0.1) is 0 Å². The lowest BCUT2D eigenvalue weighted by Gasteiger charge is -2.55. The van der Waals surface area contributed by atoms with E-state index in [2.05, 4.69) is 68.5 Å². The molecule has 1 fully saturated rings. The molecule has 0 N–H and O–H groups in total. The number of carbonyl (C=O) groups is 1. The maximum atomic E-state index is 13.3. The summed E-state index contributed by atoms with van der Waals surface area (Å²) in [4.78, 5) is 13.3. The van der Waals surface area contributed by atoms with Crippen molar-refractivity contribution in [3.05, 3.63) is 119 Å². The third kappa shape index (κ3) is 3.44. The zero-order chi connectivity index (χ0) is 20.4. The van der Waals surface area contributed by atoms with Gasteiger partial charge in [-0.25, -0.2) is 4.39 Å². The lowest BCUT2D eigenvalue weighted by atomic mass is 9.47. The van der Waals surface area contributed by atoms with Gasteiger partial charge in [-0.2, -0.15) is 0 Å². The van der Waals surface area contributed by atoms with Crippen molar-refractivity contribution in [1.82, 2.24) is 0 Å². The van der Waals surface area contributed by atoms with Crippen LogP contribution in [0.2, 0.25) is 0 Å². The predicted molar refractivity (Wildman–Crippen MR) is 115 cm³/mol. The van der Waals surface area contributed by atoms with Crippen molar-refractivity contribution < 1.29 is 9.18 Å². The van der Waals surface area contributed by atoms with E-state index in [1.807, 2.05) is 12.1 Å². The molecule has 1 nitrogen and oxygen atoms in total. The number of ketones is 1. The summed E-state index contributed by atoms with van der Waals surface area (Å²) in [6.07, 6.45) is 2.99. The normalized spacial score (nSPS) is 19.8. The average molecular weight is 384 g/mol. The molecule has 0 radical (unpaired) electrons. The average Bonchev–Trinajstić information content (AvgIpc) is 2.73. The molecule has 3 aromatic rings. The maximum Gasteiger partial charge on any atom is 0.166 e. The molecule has 0 aromatic heterocycles. The van der Waals surface area contributed by atoms with Crippen LogP contribution in [0.25, 0.3) is 0 Å². The van der Waals surface area contributed by atoms with Gasteiger partial charge in [0.15, 0.2) is 5.78 Å². The standard InChI is InChI=1S/C27H25FO/c1-19(2)17-25-24(26(29)20-13-15-23(28)16-14-20)18-27(25,21-9-5-3-6-10-21)22-11-7-4-8-12-22/h3-17,24-25H,18H2,1-2H3. The van der Waals surface area contributed by atoms with E-state index in [0.29, 0.717) is 5.56 Å². The highest BCUT2D eigenvalue weighted by atomic mass is 19.1. The molecule has 4 rings (SSSR count). The van der Waals surface area contributed by atoms with Crippen LogP contribution in [-0.2, 0) is 5.41 Å². The third-order valence-electron chi connectivity index (χ3n) is 6.10. The van der Waals surface area contributed by atoms with E-state index in [-0.39, 0.29) is 28.9 Å². The Labute approximate surface area is 171 Å². The molecule has 0 saturated heterocycles. The van der Waals surface area contributed by atoms with Crippen molar-refractivity contribution in [3.63, 3.8) is 0 Å². The number of halogens is 1. The fourth-order valence-corrected chi connectivity index (χ4v) is 4.75. The molecule has 0 aliphatic heterocycles. The second-order valence-electron chi connectivity index (χ2n) is 8.15. The molecule has 1 aliphatic carbocycles. The molecule has 0 spiro atoms. The third-order valence-corrected chi connectivity index (χ3v) is 6.10. The summed E-state index contributed by atoms with van der Waals surface area (Å²) in [5, 5.41) is 0. The predicted octanol–water partition coefficient (Wildman–Crippen LogP) is 6.60. The molecule has 3 aromatic carbocycles. The van der Waals surface area contributed by atoms with Crippen LogP contribution < -0.4 is 0 Å². The number of rotatable bonds is 5. The Morgan fingerprint density at radius 2 is 1.38 bits per heavy atom. The molecule has 0 amide bonds. The molecule has 29 heavy (non-hydrogen) atoms. The highest BCUT2D eigenvalue weighted by Gasteiger charge is 2.57. The zero-order valence-corrected chi connectivity index (χ0v) is 16.8. The minimum atomic E-state index is -0.320. The van der Waals surface area contributed by atoms with Crippen LogP contribution in [-0.4, -0.2) is 5.78 Å². The molecule has 146 valence electrons. The van der Waals surface area contributed by atoms with Crippen LogP contribution in [0, 0.1) is 17.7 Å². The van der Waals surface area contributed by atoms with Gasteiger partial charge >= 0.3 is 0 Å². The largest absolute Gasteiger partial charge is 0.294 e. The Morgan fingerprint density at radius 3 is 1.86 bits per heavy atom. The maximum absolute atomic E-state index is 13.3. The van der Waals surface area contributed by atoms with Crippen LogP contribution in [0.15, 0.2) is 96.6 Å². The summed E-state index contributed by atoms with van der Waals surface area (Å²) in [7, 11) is 0. The van der Waals surface area contributed by atoms with Crippen LogP contribution in [0.5, 0.6) is 0 Å². The highest BCUT2D eigenvalue weighted by Crippen LogP contribution is 2.58. The van der Waals surface area contributed by atoms with Crippen LogP contribution in [0.4, 0.5) is 4.39 Å². The van der Waals surface area contributed by atoms with Gasteiger partial charge in [-0.3, -0.25) is 4.79 Å². The Hall–Kier alpha value is -3.00. The van der Waals surface area contributed by atoms with E-state index < -0.39 is 0 Å². The Kier molecular flexibility index (Phi) is 5.19. The lowest BCUT2D eigenvalue weighted by Crippen LogP contribution is -2.54. The molecule has 1 aliphatic rings. The van der Waals surface area contributed by atoms with Crippen molar-refractivity contribution in [2.45, 2.75) is 25.7 Å². The zero-order valence-electron chi connectivity index (χ0n) is 16.8. The van der Waals surface area contributed by atoms with Crippen molar-refractivity contribution in [2.75, 3.05) is 0 Å². The Bertz CT molecular complexity index is 976. The van der Waals surface area contributed by atoms with E-state index in [1.54, 1.807) is 12.1 Å². The van der Waals surface area contributed by atoms with Gasteiger partial charge < -0.3 is 0 Å². The number of Topliss-reactive ketones (excluding diaryl/α,β-unsaturated/α-hetero) is 1. The summed E-state index contributed by atoms with van der Waals surface area (Å²) >= 11 is 0. The molecular formula is C27H25FO. The second-order valence-corrected chi connectivity index (χ2v) is 8.15. The minimum Gasteiger partial charge on any atom is -0.294 e. The van der Waals surface area contributed by atoms with E-state index >= 15 is 0 Å². The summed E-state index contributed by atoms with van der Waals surface area (Å²) in [5.74, 6) is -0.306. The van der Waals surface area contributed by atoms with E-state index in [9.17, 15) is 9.18 Å². The SMILES string of the molecule is CC(C)=CC1C(C(=O)c2ccc(F)cc2)CC1(c1ccccc1)c1ccccc1. The van der Waals surface area contributed by atoms with Crippen molar-refractivity contribution in [1.29, 1.82) is 0 Å². The molecule has 1 saturated carbocycles. The quantitative estimate of drug-likeness (QED) is 0.358. The fraction of sp³-hybridized carbons (Fsp3) is 0.222. The number of benzene rings is 3. The van der Waals surface area contributed by atoms with Gasteiger partial charge in [-0.1, -0.05) is 72.3 Å². The summed E-state index contributed by atoms with van der Waals surface area (Å²) in [6, 6.07) is 26.9. The van der Waals surface area contributed by atoms with Crippen molar-refractivity contribution in [3.8, 4) is 0 Å². The Morgan fingerprint density at radius 1 is 0.862 bits per heavy atom. The number of hydrogen-bond acceptors (Lipinski definition) is 1. The van der Waals surface area contributed by atoms with Gasteiger partial charge in [0.1, 0.15) is 5.82 Å². The van der Waals surface area contributed by atoms with Gasteiger partial charge in [0, 0.05) is 22.8 Å². The van der Waals surface area contributed by atoms with Crippen molar-refractivity contribution in [2.24, 2.45) is 11.8 Å². The number of carbonyl (C=O) groups excluding carboxylic acids is 1. The molecule has 0 heterocycles. The molecule has 2 heteroatoms. The molecule has 2 atom stereocenters. The smallest absolute Gasteiger partial charge is 0.166 e. The lowest BCUT2D eigenvalue weighted by molar-refractivity contribution is 0.0598. The van der Waals surface area contributed by atoms with Crippen LogP contribution in [0.3, 0.4) is 0 Å². The molecule has 0 bridgehead atoms. The summed E-state index contributed by atoms with van der Waals surface area (Å²) < 4.78 is 13.3. The van der Waals surface area contributed by atoms with Crippen LogP contribution >= 0.6 is 0 Å². The van der Waals surface area contributed by atoms with Gasteiger partial charge in [0.25, 0.3) is 0 Å². The second kappa shape index (κ2) is 7.79. The number of hydrogen-bond donors (Lipinski definition) is 0. The highest BCUT2D eigenvalue weighted by molar-refractivity contribution is 5.99. The fourth-order valence-electron chi connectivity index (χ4n) is 4.75. The summed E-state index contributed by atoms with van der Waals surface area (Å²) in [5.41, 5.74) is 4.01. The first-order valence-corrected chi connectivity index (χ1v) is 10.1. The first-order valence-electron chi connectivity index (χ1n) is 10.1. The first-order chi connectivity index (χ1) is 14.0. The minimum absolute atomic E-state index is 0.0508. The Balaban J connectivity index is 1.81. The monoisotopic (exact) mass is 384 g/mol. The number of allylic oxidation sites excluding steroid dienone is 2. The van der Waals surface area contributed by atoms with E-state index in [1.165, 1.54) is 28.8 Å². The van der Waals surface area contributed by atoms with Gasteiger partial charge in [-0.05, 0) is 55.7 Å². The van der Waals surface area contributed by atoms with Gasteiger partial charge in [0.2, 0.25) is 0 Å². The molecule has 2 unspecified atom stereocenters. The first kappa shape index (κ1) is 19.3. The van der Waals surface area contributed by atoms with E-state index in [4.69, 9.17) is 0 Å². The molecular weight excluding hydrogens is 359 g/mol. The summed E-state index contributed by atoms with van der Waals surface area (Å²) in [6.45, 7) is 4.16. The van der Waals surface area contributed by atoms with Crippen LogP contribution in [0.1, 0.15) is 41.8 Å².